The van der Waals surface area contributed by atoms with Crippen LogP contribution in [0.15, 0.2) is 30.5 Å². The molecule has 7 nitrogen and oxygen atoms in total. The van der Waals surface area contributed by atoms with Crippen LogP contribution < -0.4 is 5.84 Å². The van der Waals surface area contributed by atoms with E-state index in [1.807, 2.05) is 6.07 Å². The second-order valence-corrected chi connectivity index (χ2v) is 4.15. The third-order valence-electron chi connectivity index (χ3n) is 2.88. The molecule has 1 aromatic carbocycles. The van der Waals surface area contributed by atoms with Gasteiger partial charge in [0.15, 0.2) is 5.78 Å². The van der Waals surface area contributed by atoms with Crippen LogP contribution in [0.3, 0.4) is 0 Å². The number of hydrogen-bond donors (Lipinski definition) is 1. The quantitative estimate of drug-likeness (QED) is 0.395. The Morgan fingerprint density at radius 1 is 1.40 bits per heavy atom. The van der Waals surface area contributed by atoms with E-state index in [1.54, 1.807) is 0 Å². The molecule has 0 aliphatic heterocycles. The summed E-state index contributed by atoms with van der Waals surface area (Å²) >= 11 is 0. The average molecular weight is 270 g/mol. The highest BCUT2D eigenvalue weighted by Crippen LogP contribution is 2.30. The molecular weight excluding hydrogens is 260 g/mol. The van der Waals surface area contributed by atoms with Crippen molar-refractivity contribution in [3.63, 3.8) is 0 Å². The summed E-state index contributed by atoms with van der Waals surface area (Å²) in [4.78, 5) is 21.7. The standard InChI is InChI=1S/C13H10N4O3/c1-8(18)11-7-16(15)12(6-14)13(11)9-2-4-10(5-3-9)17(19)20/h2-5,7H,15H2,1H3. The second kappa shape index (κ2) is 4.85. The van der Waals surface area contributed by atoms with Crippen LogP contribution in [-0.4, -0.2) is 15.4 Å². The van der Waals surface area contributed by atoms with Crippen molar-refractivity contribution in [1.29, 1.82) is 5.26 Å². The number of rotatable bonds is 3. The first-order chi connectivity index (χ1) is 9.45. The largest absolute Gasteiger partial charge is 0.338 e. The zero-order valence-corrected chi connectivity index (χ0v) is 10.5. The third-order valence-corrected chi connectivity index (χ3v) is 2.88. The Labute approximate surface area is 114 Å². The van der Waals surface area contributed by atoms with Crippen molar-refractivity contribution in [3.05, 3.63) is 51.8 Å². The lowest BCUT2D eigenvalue weighted by atomic mass is 9.99. The minimum Gasteiger partial charge on any atom is -0.338 e. The number of nitriles is 1. The summed E-state index contributed by atoms with van der Waals surface area (Å²) in [7, 11) is 0. The Bertz CT molecular complexity index is 738. The number of nitrogens with two attached hydrogens (primary N) is 1. The molecule has 2 rings (SSSR count). The summed E-state index contributed by atoms with van der Waals surface area (Å²) in [5.41, 5.74) is 1.28. The molecule has 0 aliphatic rings. The maximum absolute atomic E-state index is 11.6. The van der Waals surface area contributed by atoms with E-state index in [0.717, 1.165) is 4.68 Å². The van der Waals surface area contributed by atoms with Gasteiger partial charge in [0.25, 0.3) is 5.69 Å². The number of nitrogens with zero attached hydrogens (tertiary/aromatic N) is 3. The molecule has 0 fully saturated rings. The van der Waals surface area contributed by atoms with E-state index in [-0.39, 0.29) is 17.2 Å². The lowest BCUT2D eigenvalue weighted by Crippen LogP contribution is -2.08. The van der Waals surface area contributed by atoms with Crippen LogP contribution in [0.1, 0.15) is 23.0 Å². The first-order valence-electron chi connectivity index (χ1n) is 5.62. The molecule has 0 amide bonds. The number of Topliss-reactive ketones (excluding diaryl/α,β-unsaturated/α-hetero) is 1. The monoisotopic (exact) mass is 270 g/mol. The molecule has 20 heavy (non-hydrogen) atoms. The van der Waals surface area contributed by atoms with E-state index < -0.39 is 4.92 Å². The Kier molecular flexibility index (Phi) is 3.23. The predicted octanol–water partition coefficient (Wildman–Crippen LogP) is 1.85. The predicted molar refractivity (Wildman–Crippen MR) is 71.4 cm³/mol. The van der Waals surface area contributed by atoms with Gasteiger partial charge in [-0.25, -0.2) is 0 Å². The fraction of sp³-hybridized carbons (Fsp3) is 0.0769. The van der Waals surface area contributed by atoms with Gasteiger partial charge in [0, 0.05) is 29.5 Å². The molecule has 0 atom stereocenters. The fourth-order valence-electron chi connectivity index (χ4n) is 1.95. The van der Waals surface area contributed by atoms with E-state index in [1.165, 1.54) is 37.4 Å². The van der Waals surface area contributed by atoms with Gasteiger partial charge >= 0.3 is 0 Å². The van der Waals surface area contributed by atoms with Crippen LogP contribution in [0.4, 0.5) is 5.69 Å². The highest BCUT2D eigenvalue weighted by Gasteiger charge is 2.19. The zero-order valence-electron chi connectivity index (χ0n) is 10.5. The van der Waals surface area contributed by atoms with Crippen molar-refractivity contribution in [3.8, 4) is 17.2 Å². The summed E-state index contributed by atoms with van der Waals surface area (Å²) < 4.78 is 1.08. The normalized spacial score (nSPS) is 10.0. The number of hydrogen-bond acceptors (Lipinski definition) is 5. The maximum atomic E-state index is 11.6. The fourth-order valence-corrected chi connectivity index (χ4v) is 1.95. The molecule has 0 saturated carbocycles. The molecule has 2 N–H and O–H groups in total. The molecule has 0 saturated heterocycles. The smallest absolute Gasteiger partial charge is 0.269 e. The van der Waals surface area contributed by atoms with Gasteiger partial charge in [0.1, 0.15) is 11.8 Å². The van der Waals surface area contributed by atoms with Gasteiger partial charge in [-0.3, -0.25) is 19.6 Å². The number of non-ortho nitro benzene ring substituents is 1. The highest BCUT2D eigenvalue weighted by atomic mass is 16.6. The van der Waals surface area contributed by atoms with Gasteiger partial charge in [-0.15, -0.1) is 0 Å². The van der Waals surface area contributed by atoms with Gasteiger partial charge in [-0.2, -0.15) is 5.26 Å². The number of nitrogen functional groups attached to an aromatic ring is 1. The van der Waals surface area contributed by atoms with Gasteiger partial charge in [0.2, 0.25) is 0 Å². The lowest BCUT2D eigenvalue weighted by Gasteiger charge is -2.02. The SMILES string of the molecule is CC(=O)c1cn(N)c(C#N)c1-c1ccc([N+](=O)[O-])cc1. The maximum Gasteiger partial charge on any atom is 0.269 e. The Morgan fingerprint density at radius 2 is 2.00 bits per heavy atom. The van der Waals surface area contributed by atoms with E-state index in [2.05, 4.69) is 0 Å². The summed E-state index contributed by atoms with van der Waals surface area (Å²) in [6.45, 7) is 1.37. The molecule has 100 valence electrons. The molecule has 1 heterocycles. The van der Waals surface area contributed by atoms with Crippen molar-refractivity contribution >= 4 is 11.5 Å². The van der Waals surface area contributed by atoms with E-state index >= 15 is 0 Å². The van der Waals surface area contributed by atoms with Crippen LogP contribution >= 0.6 is 0 Å². The molecule has 0 spiro atoms. The summed E-state index contributed by atoms with van der Waals surface area (Å²) in [5, 5.41) is 19.8. The molecule has 0 bridgehead atoms. The topological polar surface area (TPSA) is 115 Å². The number of benzene rings is 1. The van der Waals surface area contributed by atoms with Gasteiger partial charge in [-0.05, 0) is 24.6 Å². The van der Waals surface area contributed by atoms with Crippen LogP contribution in [0.2, 0.25) is 0 Å². The van der Waals surface area contributed by atoms with Crippen molar-refractivity contribution in [1.82, 2.24) is 4.68 Å². The van der Waals surface area contributed by atoms with Gasteiger partial charge < -0.3 is 5.84 Å². The Hall–Kier alpha value is -3.14. The molecule has 0 radical (unpaired) electrons. The zero-order chi connectivity index (χ0) is 14.9. The molecular formula is C13H10N4O3. The van der Waals surface area contributed by atoms with Crippen molar-refractivity contribution in [2.45, 2.75) is 6.92 Å². The molecule has 2 aromatic rings. The number of carbonyl (C=O) groups is 1. The van der Waals surface area contributed by atoms with Gasteiger partial charge in [-0.1, -0.05) is 0 Å². The average Bonchev–Trinajstić information content (AvgIpc) is 2.75. The first kappa shape index (κ1) is 13.3. The molecule has 0 aliphatic carbocycles. The van der Waals surface area contributed by atoms with Crippen LogP contribution in [-0.2, 0) is 0 Å². The number of nitro groups is 1. The Morgan fingerprint density at radius 3 is 2.45 bits per heavy atom. The van der Waals surface area contributed by atoms with Crippen LogP contribution in [0.5, 0.6) is 0 Å². The van der Waals surface area contributed by atoms with Crippen molar-refractivity contribution in [2.24, 2.45) is 0 Å². The number of carbonyl (C=O) groups excluding carboxylic acids is 1. The first-order valence-corrected chi connectivity index (χ1v) is 5.62. The van der Waals surface area contributed by atoms with Crippen molar-refractivity contribution < 1.29 is 9.72 Å². The number of ketones is 1. The highest BCUT2D eigenvalue weighted by molar-refractivity contribution is 6.02. The van der Waals surface area contributed by atoms with Crippen molar-refractivity contribution in [2.75, 3.05) is 5.84 Å². The number of aromatic nitrogens is 1. The summed E-state index contributed by atoms with van der Waals surface area (Å²) in [6.07, 6.45) is 1.37. The summed E-state index contributed by atoms with van der Waals surface area (Å²) in [5.74, 6) is 5.40. The minimum absolute atomic E-state index is 0.0659. The molecule has 0 unspecified atom stereocenters. The van der Waals surface area contributed by atoms with E-state index in [9.17, 15) is 14.9 Å². The van der Waals surface area contributed by atoms with Crippen LogP contribution in [0.25, 0.3) is 11.1 Å². The van der Waals surface area contributed by atoms with E-state index in [0.29, 0.717) is 16.7 Å². The lowest BCUT2D eigenvalue weighted by molar-refractivity contribution is -0.384. The number of nitro benzene ring substituents is 1. The third kappa shape index (κ3) is 2.10. The minimum atomic E-state index is -0.519. The second-order valence-electron chi connectivity index (χ2n) is 4.15. The van der Waals surface area contributed by atoms with Gasteiger partial charge in [0.05, 0.1) is 4.92 Å². The van der Waals surface area contributed by atoms with E-state index in [4.69, 9.17) is 11.1 Å². The summed E-state index contributed by atoms with van der Waals surface area (Å²) in [6, 6.07) is 7.53. The molecule has 7 heteroatoms. The molecule has 1 aromatic heterocycles. The Balaban J connectivity index is 2.65. The van der Waals surface area contributed by atoms with Crippen LogP contribution in [0, 0.1) is 21.4 Å².